The van der Waals surface area contributed by atoms with Crippen molar-refractivity contribution in [1.29, 1.82) is 0 Å². The van der Waals surface area contributed by atoms with Crippen LogP contribution in [0.1, 0.15) is 20.8 Å². The third-order valence-electron chi connectivity index (χ3n) is 3.59. The molecule has 0 radical (unpaired) electrons. The largest absolute Gasteiger partial charge is 0.388 e. The van der Waals surface area contributed by atoms with Crippen LogP contribution in [0.5, 0.6) is 0 Å². The van der Waals surface area contributed by atoms with Gasteiger partial charge in [0, 0.05) is 4.90 Å². The first kappa shape index (κ1) is 14.4. The lowest BCUT2D eigenvalue weighted by Crippen LogP contribution is -2.54. The van der Waals surface area contributed by atoms with Crippen LogP contribution in [0.3, 0.4) is 0 Å². The molecule has 0 spiro atoms. The summed E-state index contributed by atoms with van der Waals surface area (Å²) < 4.78 is 17.7. The summed E-state index contributed by atoms with van der Waals surface area (Å²) in [4.78, 5) is 1.12. The van der Waals surface area contributed by atoms with Crippen molar-refractivity contribution in [2.24, 2.45) is 0 Å². The Kier molecular flexibility index (Phi) is 3.81. The minimum Gasteiger partial charge on any atom is -0.388 e. The lowest BCUT2D eigenvalue weighted by molar-refractivity contribution is -0.159. The molecule has 1 aromatic carbocycles. The number of fused-ring (bicyclic) bond motifs is 1. The van der Waals surface area contributed by atoms with Crippen molar-refractivity contribution >= 4 is 11.8 Å². The van der Waals surface area contributed by atoms with Gasteiger partial charge in [-0.05, 0) is 32.9 Å². The third kappa shape index (κ3) is 2.73. The topological polar surface area (TPSA) is 47.9 Å². The van der Waals surface area contributed by atoms with Gasteiger partial charge in [0.1, 0.15) is 23.7 Å². The number of benzene rings is 1. The fourth-order valence-electron chi connectivity index (χ4n) is 2.66. The first-order valence-corrected chi connectivity index (χ1v) is 7.75. The Morgan fingerprint density at radius 1 is 1.10 bits per heavy atom. The highest BCUT2D eigenvalue weighted by Crippen LogP contribution is 2.42. The highest BCUT2D eigenvalue weighted by atomic mass is 32.2. The fraction of sp³-hybridized carbons (Fsp3) is 0.600. The molecule has 5 heteroatoms. The Morgan fingerprint density at radius 3 is 2.45 bits per heavy atom. The summed E-state index contributed by atoms with van der Waals surface area (Å²) in [6.45, 7) is 5.61. The molecule has 0 saturated carbocycles. The van der Waals surface area contributed by atoms with Crippen LogP contribution in [-0.2, 0) is 14.2 Å². The zero-order valence-corrected chi connectivity index (χ0v) is 12.7. The second-order valence-electron chi connectivity index (χ2n) is 5.70. The lowest BCUT2D eigenvalue weighted by Gasteiger charge is -2.38. The molecule has 1 N–H and O–H groups in total. The van der Waals surface area contributed by atoms with Crippen molar-refractivity contribution < 1.29 is 19.3 Å². The molecule has 0 bridgehead atoms. The van der Waals surface area contributed by atoms with Crippen molar-refractivity contribution in [3.8, 4) is 0 Å². The maximum absolute atomic E-state index is 10.2. The molecular formula is C15H20O4S. The van der Waals surface area contributed by atoms with E-state index in [1.165, 1.54) is 0 Å². The molecule has 20 heavy (non-hydrogen) atoms. The molecule has 3 rings (SSSR count). The van der Waals surface area contributed by atoms with Gasteiger partial charge in [-0.1, -0.05) is 30.0 Å². The summed E-state index contributed by atoms with van der Waals surface area (Å²) in [6.07, 6.45) is -1.53. The minimum atomic E-state index is -0.681. The predicted octanol–water partition coefficient (Wildman–Crippen LogP) is 2.40. The van der Waals surface area contributed by atoms with E-state index in [9.17, 15) is 5.11 Å². The molecule has 0 aromatic heterocycles. The Balaban J connectivity index is 1.80. The molecule has 2 aliphatic rings. The van der Waals surface area contributed by atoms with Crippen molar-refractivity contribution in [1.82, 2.24) is 0 Å². The lowest BCUT2D eigenvalue weighted by atomic mass is 10.0. The van der Waals surface area contributed by atoms with E-state index in [2.05, 4.69) is 0 Å². The summed E-state index contributed by atoms with van der Waals surface area (Å²) in [6, 6.07) is 10.1. The van der Waals surface area contributed by atoms with Gasteiger partial charge in [-0.25, -0.2) is 0 Å². The molecule has 4 nitrogen and oxygen atoms in total. The molecule has 2 saturated heterocycles. The SMILES string of the molecule is C[C@@H]1O[C@@H](Sc2ccccc2)[C@@H]2OC(C)(C)O[C@@H]2[C@H]1O. The Labute approximate surface area is 123 Å². The molecule has 110 valence electrons. The van der Waals surface area contributed by atoms with Crippen molar-refractivity contribution in [2.45, 2.75) is 61.3 Å². The van der Waals surface area contributed by atoms with E-state index in [-0.39, 0.29) is 23.7 Å². The zero-order chi connectivity index (χ0) is 14.3. The van der Waals surface area contributed by atoms with Gasteiger partial charge in [-0.2, -0.15) is 0 Å². The zero-order valence-electron chi connectivity index (χ0n) is 11.9. The van der Waals surface area contributed by atoms with Crippen LogP contribution in [0.25, 0.3) is 0 Å². The van der Waals surface area contributed by atoms with Crippen LogP contribution in [0.2, 0.25) is 0 Å². The molecule has 2 fully saturated rings. The highest BCUT2D eigenvalue weighted by Gasteiger charge is 2.54. The van der Waals surface area contributed by atoms with Gasteiger partial charge in [0.25, 0.3) is 0 Å². The first-order chi connectivity index (χ1) is 9.46. The standard InChI is InChI=1S/C15H20O4S/c1-9-11(16)12-13(19-15(2,3)18-12)14(17-9)20-10-7-5-4-6-8-10/h4-9,11-14,16H,1-3H3/t9-,11-,12+,13+,14-/m0/s1. The van der Waals surface area contributed by atoms with Gasteiger partial charge < -0.3 is 19.3 Å². The van der Waals surface area contributed by atoms with E-state index in [0.29, 0.717) is 0 Å². The molecule has 5 atom stereocenters. The number of thioether (sulfide) groups is 1. The number of hydrogen-bond donors (Lipinski definition) is 1. The van der Waals surface area contributed by atoms with Crippen molar-refractivity contribution in [2.75, 3.05) is 0 Å². The van der Waals surface area contributed by atoms with Gasteiger partial charge in [0.2, 0.25) is 0 Å². The van der Waals surface area contributed by atoms with E-state index < -0.39 is 11.9 Å². The number of hydrogen-bond acceptors (Lipinski definition) is 5. The van der Waals surface area contributed by atoms with Crippen LogP contribution >= 0.6 is 11.8 Å². The van der Waals surface area contributed by atoms with Gasteiger partial charge in [0.05, 0.1) is 6.10 Å². The summed E-state index contributed by atoms with van der Waals surface area (Å²) >= 11 is 1.61. The summed E-state index contributed by atoms with van der Waals surface area (Å²) in [5.41, 5.74) is -0.178. The molecule has 2 aliphatic heterocycles. The van der Waals surface area contributed by atoms with E-state index in [1.54, 1.807) is 11.8 Å². The average Bonchev–Trinajstić information content (AvgIpc) is 2.73. The Morgan fingerprint density at radius 2 is 1.75 bits per heavy atom. The second kappa shape index (κ2) is 5.31. The highest BCUT2D eigenvalue weighted by molar-refractivity contribution is 7.99. The molecule has 0 unspecified atom stereocenters. The molecule has 2 heterocycles. The second-order valence-corrected chi connectivity index (χ2v) is 6.87. The predicted molar refractivity (Wildman–Crippen MR) is 76.5 cm³/mol. The van der Waals surface area contributed by atoms with Crippen LogP contribution in [0.15, 0.2) is 35.2 Å². The summed E-state index contributed by atoms with van der Waals surface area (Å²) in [5, 5.41) is 10.2. The van der Waals surface area contributed by atoms with Crippen molar-refractivity contribution in [3.05, 3.63) is 30.3 Å². The van der Waals surface area contributed by atoms with Gasteiger partial charge in [-0.15, -0.1) is 0 Å². The summed E-state index contributed by atoms with van der Waals surface area (Å²) in [5.74, 6) is -0.681. The molecule has 0 aliphatic carbocycles. The van der Waals surface area contributed by atoms with E-state index in [1.807, 2.05) is 51.1 Å². The molecule has 1 aromatic rings. The number of aliphatic hydroxyl groups excluding tert-OH is 1. The molecule has 0 amide bonds. The number of aliphatic hydroxyl groups is 1. The normalized spacial score (nSPS) is 39.5. The number of rotatable bonds is 2. The monoisotopic (exact) mass is 296 g/mol. The maximum atomic E-state index is 10.2. The van der Waals surface area contributed by atoms with Gasteiger partial charge in [-0.3, -0.25) is 0 Å². The van der Waals surface area contributed by atoms with E-state index in [0.717, 1.165) is 4.90 Å². The Hall–Kier alpha value is -0.590. The van der Waals surface area contributed by atoms with E-state index >= 15 is 0 Å². The fourth-order valence-corrected chi connectivity index (χ4v) is 3.81. The van der Waals surface area contributed by atoms with Crippen LogP contribution < -0.4 is 0 Å². The quantitative estimate of drug-likeness (QED) is 0.908. The first-order valence-electron chi connectivity index (χ1n) is 6.87. The van der Waals surface area contributed by atoms with Crippen LogP contribution in [-0.4, -0.2) is 40.7 Å². The third-order valence-corrected chi connectivity index (χ3v) is 4.75. The smallest absolute Gasteiger partial charge is 0.164 e. The van der Waals surface area contributed by atoms with Gasteiger partial charge in [0.15, 0.2) is 5.79 Å². The van der Waals surface area contributed by atoms with E-state index in [4.69, 9.17) is 14.2 Å². The number of ether oxygens (including phenoxy) is 3. The van der Waals surface area contributed by atoms with Crippen LogP contribution in [0.4, 0.5) is 0 Å². The van der Waals surface area contributed by atoms with Crippen LogP contribution in [0, 0.1) is 0 Å². The maximum Gasteiger partial charge on any atom is 0.164 e. The minimum absolute atomic E-state index is 0.178. The summed E-state index contributed by atoms with van der Waals surface area (Å²) in [7, 11) is 0. The van der Waals surface area contributed by atoms with Crippen molar-refractivity contribution in [3.63, 3.8) is 0 Å². The Bertz CT molecular complexity index is 464. The average molecular weight is 296 g/mol. The van der Waals surface area contributed by atoms with Gasteiger partial charge >= 0.3 is 0 Å². The molecular weight excluding hydrogens is 276 g/mol.